The predicted octanol–water partition coefficient (Wildman–Crippen LogP) is 4.67. The first-order valence-corrected chi connectivity index (χ1v) is 9.85. The highest BCUT2D eigenvalue weighted by atomic mass is 16.6. The number of imidazole rings is 1. The van der Waals surface area contributed by atoms with Gasteiger partial charge in [0, 0.05) is 17.8 Å². The molecule has 0 amide bonds. The number of carbonyl (C=O) groups is 1. The summed E-state index contributed by atoms with van der Waals surface area (Å²) in [7, 11) is 0. The molecule has 1 fully saturated rings. The Labute approximate surface area is 172 Å². The molecular formula is C21H22N6O3. The van der Waals surface area contributed by atoms with Crippen LogP contribution in [0, 0.1) is 0 Å². The summed E-state index contributed by atoms with van der Waals surface area (Å²) in [6.07, 6.45) is 4.84. The van der Waals surface area contributed by atoms with E-state index in [1.807, 2.05) is 39.0 Å². The number of furan rings is 1. The fourth-order valence-electron chi connectivity index (χ4n) is 3.11. The van der Waals surface area contributed by atoms with Crippen molar-refractivity contribution >= 4 is 45.7 Å². The topological polar surface area (TPSA) is 107 Å². The number of benzene rings is 1. The van der Waals surface area contributed by atoms with Crippen LogP contribution in [-0.4, -0.2) is 37.3 Å². The zero-order chi connectivity index (χ0) is 20.9. The third-order valence-electron chi connectivity index (χ3n) is 4.62. The Morgan fingerprint density at radius 2 is 2.03 bits per heavy atom. The molecule has 1 saturated carbocycles. The standard InChI is InChI=1S/C21H22N6O3/c1-21(2,3)30-20(28)27-11-22-14-7-6-13(10-16(14)27)24-19-25-15-8-9-29-17(15)18(26-19)23-12-4-5-12/h6-12H,4-5H2,1-3H3,(H2,23,24,25,26). The monoisotopic (exact) mass is 406 g/mol. The summed E-state index contributed by atoms with van der Waals surface area (Å²) in [6.45, 7) is 5.48. The first-order chi connectivity index (χ1) is 14.4. The number of nitrogens with zero attached hydrogens (tertiary/aromatic N) is 4. The van der Waals surface area contributed by atoms with Gasteiger partial charge in [-0.2, -0.15) is 4.98 Å². The third kappa shape index (κ3) is 3.66. The van der Waals surface area contributed by atoms with Crippen molar-refractivity contribution in [1.29, 1.82) is 0 Å². The van der Waals surface area contributed by atoms with Gasteiger partial charge in [0.1, 0.15) is 17.4 Å². The number of aromatic nitrogens is 4. The van der Waals surface area contributed by atoms with Crippen LogP contribution in [-0.2, 0) is 4.74 Å². The summed E-state index contributed by atoms with van der Waals surface area (Å²) in [4.78, 5) is 25.9. The maximum absolute atomic E-state index is 12.5. The molecule has 0 spiro atoms. The summed E-state index contributed by atoms with van der Waals surface area (Å²) < 4.78 is 12.4. The minimum absolute atomic E-state index is 0.431. The fraction of sp³-hybridized carbons (Fsp3) is 0.333. The van der Waals surface area contributed by atoms with Gasteiger partial charge in [0.25, 0.3) is 0 Å². The van der Waals surface area contributed by atoms with Gasteiger partial charge in [0.2, 0.25) is 5.95 Å². The molecule has 9 heteroatoms. The molecule has 3 heterocycles. The normalized spacial score (nSPS) is 14.2. The van der Waals surface area contributed by atoms with E-state index in [0.717, 1.165) is 24.0 Å². The predicted molar refractivity (Wildman–Crippen MR) is 113 cm³/mol. The number of anilines is 3. The minimum atomic E-state index is -0.595. The minimum Gasteiger partial charge on any atom is -0.459 e. The van der Waals surface area contributed by atoms with Crippen molar-refractivity contribution in [2.24, 2.45) is 0 Å². The Morgan fingerprint density at radius 1 is 1.20 bits per heavy atom. The van der Waals surface area contributed by atoms with Crippen molar-refractivity contribution in [3.63, 3.8) is 0 Å². The fourth-order valence-corrected chi connectivity index (χ4v) is 3.11. The van der Waals surface area contributed by atoms with Crippen molar-refractivity contribution in [3.8, 4) is 0 Å². The van der Waals surface area contributed by atoms with E-state index in [1.165, 1.54) is 10.9 Å². The molecular weight excluding hydrogens is 384 g/mol. The maximum atomic E-state index is 12.5. The van der Waals surface area contributed by atoms with E-state index >= 15 is 0 Å². The van der Waals surface area contributed by atoms with Crippen LogP contribution in [0.2, 0.25) is 0 Å². The van der Waals surface area contributed by atoms with Crippen molar-refractivity contribution in [3.05, 3.63) is 36.9 Å². The Balaban J connectivity index is 1.47. The van der Waals surface area contributed by atoms with Gasteiger partial charge < -0.3 is 19.8 Å². The highest BCUT2D eigenvalue weighted by Gasteiger charge is 2.24. The average molecular weight is 406 g/mol. The first kappa shape index (κ1) is 18.4. The molecule has 0 saturated heterocycles. The molecule has 9 nitrogen and oxygen atoms in total. The van der Waals surface area contributed by atoms with Gasteiger partial charge in [-0.15, -0.1) is 0 Å². The zero-order valence-corrected chi connectivity index (χ0v) is 17.0. The Morgan fingerprint density at radius 3 is 2.80 bits per heavy atom. The van der Waals surface area contributed by atoms with E-state index in [-0.39, 0.29) is 0 Å². The molecule has 4 aromatic rings. The van der Waals surface area contributed by atoms with Crippen LogP contribution in [0.15, 0.2) is 41.3 Å². The van der Waals surface area contributed by atoms with Crippen LogP contribution < -0.4 is 10.6 Å². The quantitative estimate of drug-likeness (QED) is 0.503. The number of hydrogen-bond donors (Lipinski definition) is 2. The molecule has 0 aliphatic heterocycles. The van der Waals surface area contributed by atoms with Crippen LogP contribution in [0.1, 0.15) is 33.6 Å². The largest absolute Gasteiger partial charge is 0.459 e. The van der Waals surface area contributed by atoms with E-state index in [9.17, 15) is 4.79 Å². The van der Waals surface area contributed by atoms with Gasteiger partial charge in [-0.05, 0) is 51.8 Å². The van der Waals surface area contributed by atoms with E-state index in [2.05, 4.69) is 25.6 Å². The highest BCUT2D eigenvalue weighted by Crippen LogP contribution is 2.30. The van der Waals surface area contributed by atoms with Crippen LogP contribution in [0.25, 0.3) is 22.1 Å². The molecule has 1 aliphatic carbocycles. The summed E-state index contributed by atoms with van der Waals surface area (Å²) >= 11 is 0. The summed E-state index contributed by atoms with van der Waals surface area (Å²) in [5.74, 6) is 1.12. The second kappa shape index (κ2) is 6.72. The zero-order valence-electron chi connectivity index (χ0n) is 17.0. The van der Waals surface area contributed by atoms with Crippen LogP contribution in [0.4, 0.5) is 22.2 Å². The van der Waals surface area contributed by atoms with Crippen molar-refractivity contribution in [2.75, 3.05) is 10.6 Å². The second-order valence-electron chi connectivity index (χ2n) is 8.37. The lowest BCUT2D eigenvalue weighted by atomic mass is 10.2. The molecule has 2 N–H and O–H groups in total. The van der Waals surface area contributed by atoms with Gasteiger partial charge in [-0.1, -0.05) is 0 Å². The number of rotatable bonds is 4. The van der Waals surface area contributed by atoms with Gasteiger partial charge in [-0.3, -0.25) is 0 Å². The molecule has 1 aromatic carbocycles. The van der Waals surface area contributed by atoms with Gasteiger partial charge in [0.05, 0.1) is 17.3 Å². The maximum Gasteiger partial charge on any atom is 0.420 e. The van der Waals surface area contributed by atoms with Crippen molar-refractivity contribution < 1.29 is 13.9 Å². The number of fused-ring (bicyclic) bond motifs is 2. The molecule has 0 radical (unpaired) electrons. The average Bonchev–Trinajstić information content (AvgIpc) is 3.19. The SMILES string of the molecule is CC(C)(C)OC(=O)n1cnc2ccc(Nc3nc(NC4CC4)c4occc4n3)cc21. The van der Waals surface area contributed by atoms with Crippen LogP contribution in [0.5, 0.6) is 0 Å². The van der Waals surface area contributed by atoms with Crippen LogP contribution in [0.3, 0.4) is 0 Å². The lowest BCUT2D eigenvalue weighted by Gasteiger charge is -2.19. The molecule has 5 rings (SSSR count). The molecule has 154 valence electrons. The molecule has 1 aliphatic rings. The van der Waals surface area contributed by atoms with Crippen molar-refractivity contribution in [2.45, 2.75) is 45.3 Å². The summed E-state index contributed by atoms with van der Waals surface area (Å²) in [6, 6.07) is 7.76. The van der Waals surface area contributed by atoms with E-state index < -0.39 is 11.7 Å². The van der Waals surface area contributed by atoms with Crippen molar-refractivity contribution in [1.82, 2.24) is 19.5 Å². The summed E-state index contributed by atoms with van der Waals surface area (Å²) in [5, 5.41) is 6.60. The first-order valence-electron chi connectivity index (χ1n) is 9.85. The molecule has 0 atom stereocenters. The lowest BCUT2D eigenvalue weighted by molar-refractivity contribution is 0.0543. The highest BCUT2D eigenvalue weighted by molar-refractivity contribution is 5.89. The summed E-state index contributed by atoms with van der Waals surface area (Å²) in [5.41, 5.74) is 2.82. The number of hydrogen-bond acceptors (Lipinski definition) is 8. The smallest absolute Gasteiger partial charge is 0.420 e. The Hall–Kier alpha value is -3.62. The van der Waals surface area contributed by atoms with Crippen LogP contribution >= 0.6 is 0 Å². The third-order valence-corrected chi connectivity index (χ3v) is 4.62. The Kier molecular flexibility index (Phi) is 4.12. The van der Waals surface area contributed by atoms with Gasteiger partial charge in [0.15, 0.2) is 11.4 Å². The molecule has 0 bridgehead atoms. The molecule has 30 heavy (non-hydrogen) atoms. The molecule has 0 unspecified atom stereocenters. The van der Waals surface area contributed by atoms with Gasteiger partial charge >= 0.3 is 6.09 Å². The van der Waals surface area contributed by atoms with E-state index in [0.29, 0.717) is 34.4 Å². The van der Waals surface area contributed by atoms with Gasteiger partial charge in [-0.25, -0.2) is 19.3 Å². The molecule has 3 aromatic heterocycles. The Bertz CT molecular complexity index is 1250. The van der Waals surface area contributed by atoms with E-state index in [4.69, 9.17) is 9.15 Å². The second-order valence-corrected chi connectivity index (χ2v) is 8.37. The van der Waals surface area contributed by atoms with E-state index in [1.54, 1.807) is 12.3 Å². The number of nitrogens with one attached hydrogen (secondary N) is 2. The number of ether oxygens (including phenoxy) is 1. The number of carbonyl (C=O) groups excluding carboxylic acids is 1. The lowest BCUT2D eigenvalue weighted by Crippen LogP contribution is -2.26.